The number of alkyl halides is 3. The highest BCUT2D eigenvalue weighted by Crippen LogP contribution is 2.32. The van der Waals surface area contributed by atoms with Gasteiger partial charge in [0.2, 0.25) is 0 Å². The molecule has 6 nitrogen and oxygen atoms in total. The summed E-state index contributed by atoms with van der Waals surface area (Å²) in [6, 6.07) is 10.4. The van der Waals surface area contributed by atoms with Crippen LogP contribution in [0, 0.1) is 6.92 Å². The molecule has 0 spiro atoms. The number of aromatic nitrogens is 3. The molecule has 2 aromatic carbocycles. The number of anilines is 1. The Balaban J connectivity index is 1.61. The molecule has 0 unspecified atom stereocenters. The summed E-state index contributed by atoms with van der Waals surface area (Å²) in [5.74, 6) is 0.250. The maximum atomic E-state index is 13.2. The lowest BCUT2D eigenvalue weighted by Gasteiger charge is -2.12. The first-order valence-electron chi connectivity index (χ1n) is 8.94. The summed E-state index contributed by atoms with van der Waals surface area (Å²) in [5, 5.41) is 7.00. The predicted octanol–water partition coefficient (Wildman–Crippen LogP) is 4.79. The lowest BCUT2D eigenvalue weighted by molar-refractivity contribution is -0.138. The van der Waals surface area contributed by atoms with E-state index in [-0.39, 0.29) is 23.7 Å². The number of amides is 1. The molecular weight excluding hydrogens is 397 g/mol. The lowest BCUT2D eigenvalue weighted by atomic mass is 10.0. The van der Waals surface area contributed by atoms with Gasteiger partial charge >= 0.3 is 6.18 Å². The van der Waals surface area contributed by atoms with Gasteiger partial charge in [0.15, 0.2) is 0 Å². The second kappa shape index (κ2) is 7.58. The molecule has 152 valence electrons. The standard InChI is InChI=1S/C21H15F3N4O2/c1-12-16(11-26-30-12)20(29)27-15-7-6-14-10-25-19(28-18(14)9-15)8-13-4-2-3-5-17(13)21(22,23)24/h2-7,9-11H,8H2,1H3,(H,27,29). The first kappa shape index (κ1) is 19.6. The molecule has 0 aliphatic heterocycles. The second-order valence-corrected chi connectivity index (χ2v) is 6.64. The van der Waals surface area contributed by atoms with Crippen molar-refractivity contribution in [1.29, 1.82) is 0 Å². The number of hydrogen-bond donors (Lipinski definition) is 1. The van der Waals surface area contributed by atoms with E-state index in [1.165, 1.54) is 18.3 Å². The molecule has 0 saturated heterocycles. The molecule has 0 aliphatic rings. The number of nitrogens with one attached hydrogen (secondary N) is 1. The Kier molecular flexibility index (Phi) is 4.94. The summed E-state index contributed by atoms with van der Waals surface area (Å²) in [7, 11) is 0. The minimum atomic E-state index is -4.45. The van der Waals surface area contributed by atoms with Crippen LogP contribution in [0.25, 0.3) is 10.9 Å². The van der Waals surface area contributed by atoms with Crippen LogP contribution < -0.4 is 5.32 Å². The molecule has 1 N–H and O–H groups in total. The molecule has 2 aromatic heterocycles. The van der Waals surface area contributed by atoms with Gasteiger partial charge in [-0.1, -0.05) is 23.4 Å². The lowest BCUT2D eigenvalue weighted by Crippen LogP contribution is -2.12. The molecule has 0 saturated carbocycles. The van der Waals surface area contributed by atoms with Crippen LogP contribution in [-0.2, 0) is 12.6 Å². The first-order chi connectivity index (χ1) is 14.3. The predicted molar refractivity (Wildman–Crippen MR) is 103 cm³/mol. The minimum absolute atomic E-state index is 0.0674. The monoisotopic (exact) mass is 412 g/mol. The zero-order chi connectivity index (χ0) is 21.3. The van der Waals surface area contributed by atoms with E-state index in [0.717, 1.165) is 6.07 Å². The number of fused-ring (bicyclic) bond motifs is 1. The van der Waals surface area contributed by atoms with Crippen molar-refractivity contribution in [1.82, 2.24) is 15.1 Å². The summed E-state index contributed by atoms with van der Waals surface area (Å²) in [6.45, 7) is 1.63. The van der Waals surface area contributed by atoms with Crippen LogP contribution in [-0.4, -0.2) is 21.0 Å². The van der Waals surface area contributed by atoms with E-state index >= 15 is 0 Å². The third-order valence-electron chi connectivity index (χ3n) is 4.56. The summed E-state index contributed by atoms with van der Waals surface area (Å²) >= 11 is 0. The summed E-state index contributed by atoms with van der Waals surface area (Å²) in [4.78, 5) is 20.9. The van der Waals surface area contributed by atoms with E-state index in [4.69, 9.17) is 4.52 Å². The van der Waals surface area contributed by atoms with E-state index < -0.39 is 11.7 Å². The largest absolute Gasteiger partial charge is 0.416 e. The average molecular weight is 412 g/mol. The fourth-order valence-corrected chi connectivity index (χ4v) is 3.06. The van der Waals surface area contributed by atoms with Gasteiger partial charge in [0.1, 0.15) is 17.1 Å². The van der Waals surface area contributed by atoms with Crippen molar-refractivity contribution in [3.8, 4) is 0 Å². The van der Waals surface area contributed by atoms with Gasteiger partial charge in [-0.05, 0) is 36.8 Å². The van der Waals surface area contributed by atoms with E-state index in [1.807, 2.05) is 0 Å². The molecule has 0 radical (unpaired) electrons. The van der Waals surface area contributed by atoms with Crippen LogP contribution in [0.4, 0.5) is 18.9 Å². The molecule has 0 atom stereocenters. The molecule has 4 rings (SSSR count). The fourth-order valence-electron chi connectivity index (χ4n) is 3.06. The smallest absolute Gasteiger partial charge is 0.361 e. The van der Waals surface area contributed by atoms with Gasteiger partial charge in [0, 0.05) is 23.7 Å². The summed E-state index contributed by atoms with van der Waals surface area (Å²) < 4.78 is 44.6. The highest BCUT2D eigenvalue weighted by molar-refractivity contribution is 6.05. The normalized spacial score (nSPS) is 11.6. The Labute approximate surface area is 168 Å². The van der Waals surface area contributed by atoms with Crippen LogP contribution >= 0.6 is 0 Å². The average Bonchev–Trinajstić information content (AvgIpc) is 3.13. The van der Waals surface area contributed by atoms with Crippen molar-refractivity contribution in [3.63, 3.8) is 0 Å². The van der Waals surface area contributed by atoms with Crippen molar-refractivity contribution in [3.05, 3.63) is 83.1 Å². The SMILES string of the molecule is Cc1oncc1C(=O)Nc1ccc2cnc(Cc3ccccc3C(F)(F)F)nc2c1. The molecule has 30 heavy (non-hydrogen) atoms. The maximum Gasteiger partial charge on any atom is 0.416 e. The summed E-state index contributed by atoms with van der Waals surface area (Å²) in [6.07, 6.45) is -1.65. The third-order valence-corrected chi connectivity index (χ3v) is 4.56. The Morgan fingerprint density at radius 2 is 1.93 bits per heavy atom. The Hall–Kier alpha value is -3.75. The number of carbonyl (C=O) groups is 1. The second-order valence-electron chi connectivity index (χ2n) is 6.64. The van der Waals surface area contributed by atoms with Crippen LogP contribution in [0.3, 0.4) is 0 Å². The third kappa shape index (κ3) is 4.00. The topological polar surface area (TPSA) is 80.9 Å². The van der Waals surface area contributed by atoms with Crippen LogP contribution in [0.1, 0.15) is 33.1 Å². The van der Waals surface area contributed by atoms with Crippen molar-refractivity contribution in [2.24, 2.45) is 0 Å². The fraction of sp³-hybridized carbons (Fsp3) is 0.143. The number of rotatable bonds is 4. The minimum Gasteiger partial charge on any atom is -0.361 e. The van der Waals surface area contributed by atoms with Crippen molar-refractivity contribution in [2.75, 3.05) is 5.32 Å². The van der Waals surface area contributed by atoms with Gasteiger partial charge in [0.25, 0.3) is 5.91 Å². The van der Waals surface area contributed by atoms with Gasteiger partial charge in [-0.15, -0.1) is 0 Å². The van der Waals surface area contributed by atoms with Crippen LogP contribution in [0.2, 0.25) is 0 Å². The Morgan fingerprint density at radius 3 is 2.67 bits per heavy atom. The van der Waals surface area contributed by atoms with E-state index in [1.54, 1.807) is 37.4 Å². The van der Waals surface area contributed by atoms with Gasteiger partial charge < -0.3 is 9.84 Å². The zero-order valence-corrected chi connectivity index (χ0v) is 15.7. The van der Waals surface area contributed by atoms with Crippen molar-refractivity contribution in [2.45, 2.75) is 19.5 Å². The van der Waals surface area contributed by atoms with Crippen LogP contribution in [0.15, 0.2) is 59.4 Å². The molecule has 4 aromatic rings. The molecule has 2 heterocycles. The van der Waals surface area contributed by atoms with Crippen molar-refractivity contribution < 1.29 is 22.5 Å². The quantitative estimate of drug-likeness (QED) is 0.521. The van der Waals surface area contributed by atoms with Gasteiger partial charge in [0.05, 0.1) is 17.3 Å². The molecule has 0 bridgehead atoms. The zero-order valence-electron chi connectivity index (χ0n) is 15.7. The molecule has 0 aliphatic carbocycles. The Bertz CT molecular complexity index is 1230. The first-order valence-corrected chi connectivity index (χ1v) is 8.94. The molecule has 0 fully saturated rings. The van der Waals surface area contributed by atoms with Crippen molar-refractivity contribution >= 4 is 22.5 Å². The van der Waals surface area contributed by atoms with E-state index in [9.17, 15) is 18.0 Å². The van der Waals surface area contributed by atoms with Gasteiger partial charge in [-0.3, -0.25) is 4.79 Å². The highest BCUT2D eigenvalue weighted by Gasteiger charge is 2.33. The van der Waals surface area contributed by atoms with Crippen LogP contribution in [0.5, 0.6) is 0 Å². The number of benzene rings is 2. The molecular formula is C21H15F3N4O2. The molecule has 1 amide bonds. The molecule has 9 heteroatoms. The van der Waals surface area contributed by atoms with Gasteiger partial charge in [-0.2, -0.15) is 13.2 Å². The van der Waals surface area contributed by atoms with E-state index in [2.05, 4.69) is 20.4 Å². The van der Waals surface area contributed by atoms with E-state index in [0.29, 0.717) is 27.9 Å². The highest BCUT2D eigenvalue weighted by atomic mass is 19.4. The number of hydrogen-bond acceptors (Lipinski definition) is 5. The summed E-state index contributed by atoms with van der Waals surface area (Å²) in [5.41, 5.74) is 0.676. The number of nitrogens with zero attached hydrogens (tertiary/aromatic N) is 3. The van der Waals surface area contributed by atoms with Gasteiger partial charge in [-0.25, -0.2) is 9.97 Å². The number of carbonyl (C=O) groups excluding carboxylic acids is 1. The Morgan fingerprint density at radius 1 is 1.13 bits per heavy atom. The number of halogens is 3. The maximum absolute atomic E-state index is 13.2. The number of aryl methyl sites for hydroxylation is 1.